The van der Waals surface area contributed by atoms with E-state index in [1.54, 1.807) is 12.5 Å². The molecule has 19 heavy (non-hydrogen) atoms. The highest BCUT2D eigenvalue weighted by molar-refractivity contribution is 5.78. The maximum atomic E-state index is 11.5. The second-order valence-corrected chi connectivity index (χ2v) is 4.74. The predicted octanol–water partition coefficient (Wildman–Crippen LogP) is 2.46. The number of hydrogen-bond donors (Lipinski definition) is 2. The Morgan fingerprint density at radius 1 is 1.37 bits per heavy atom. The monoisotopic (exact) mass is 257 g/mol. The van der Waals surface area contributed by atoms with E-state index in [-0.39, 0.29) is 0 Å². The zero-order valence-corrected chi connectivity index (χ0v) is 10.4. The molecule has 1 aliphatic carbocycles. The van der Waals surface area contributed by atoms with Gasteiger partial charge in [0.05, 0.1) is 18.2 Å². The number of anilines is 1. The van der Waals surface area contributed by atoms with E-state index < -0.39 is 12.0 Å². The van der Waals surface area contributed by atoms with Crippen molar-refractivity contribution in [3.8, 4) is 0 Å². The maximum Gasteiger partial charge on any atom is 0.332 e. The van der Waals surface area contributed by atoms with Gasteiger partial charge in [-0.05, 0) is 25.0 Å². The molecule has 3 rings (SSSR count). The van der Waals surface area contributed by atoms with Gasteiger partial charge in [-0.2, -0.15) is 0 Å². The van der Waals surface area contributed by atoms with Crippen molar-refractivity contribution in [2.24, 2.45) is 0 Å². The molecule has 1 aromatic heterocycles. The summed E-state index contributed by atoms with van der Waals surface area (Å²) in [7, 11) is 0. The van der Waals surface area contributed by atoms with Gasteiger partial charge in [0, 0.05) is 11.7 Å². The average Bonchev–Trinajstić information content (AvgIpc) is 3.15. The van der Waals surface area contributed by atoms with Gasteiger partial charge in [0.2, 0.25) is 0 Å². The Morgan fingerprint density at radius 2 is 2.11 bits per heavy atom. The van der Waals surface area contributed by atoms with Crippen LogP contribution in [-0.2, 0) is 4.79 Å². The molecule has 2 aromatic rings. The van der Waals surface area contributed by atoms with Gasteiger partial charge in [-0.15, -0.1) is 0 Å². The summed E-state index contributed by atoms with van der Waals surface area (Å²) in [6, 6.07) is 9.00. The van der Waals surface area contributed by atoms with Gasteiger partial charge in [-0.3, -0.25) is 0 Å². The molecule has 0 amide bonds. The van der Waals surface area contributed by atoms with E-state index in [4.69, 9.17) is 0 Å². The van der Waals surface area contributed by atoms with Crippen LogP contribution < -0.4 is 5.32 Å². The third-order valence-corrected chi connectivity index (χ3v) is 3.26. The van der Waals surface area contributed by atoms with Crippen LogP contribution in [0.2, 0.25) is 0 Å². The Morgan fingerprint density at radius 3 is 2.74 bits per heavy atom. The van der Waals surface area contributed by atoms with Crippen molar-refractivity contribution in [3.05, 3.63) is 48.5 Å². The number of benzene rings is 1. The topological polar surface area (TPSA) is 67.2 Å². The SMILES string of the molecule is O=C(O)C(Nc1ccccc1)c1cncn1C1CC1. The second-order valence-electron chi connectivity index (χ2n) is 4.74. The van der Waals surface area contributed by atoms with Crippen molar-refractivity contribution in [3.63, 3.8) is 0 Å². The van der Waals surface area contributed by atoms with Crippen LogP contribution in [-0.4, -0.2) is 20.6 Å². The Labute approximate surface area is 110 Å². The van der Waals surface area contributed by atoms with E-state index in [1.165, 1.54) is 0 Å². The molecule has 0 radical (unpaired) electrons. The van der Waals surface area contributed by atoms with Crippen LogP contribution in [0.3, 0.4) is 0 Å². The highest BCUT2D eigenvalue weighted by atomic mass is 16.4. The number of carboxylic acids is 1. The molecule has 0 bridgehead atoms. The number of nitrogens with zero attached hydrogens (tertiary/aromatic N) is 2. The number of rotatable bonds is 5. The van der Waals surface area contributed by atoms with Gasteiger partial charge in [-0.1, -0.05) is 18.2 Å². The zero-order valence-electron chi connectivity index (χ0n) is 10.4. The second kappa shape index (κ2) is 4.76. The lowest BCUT2D eigenvalue weighted by Gasteiger charge is -2.17. The molecule has 1 saturated carbocycles. The fourth-order valence-electron chi connectivity index (χ4n) is 2.16. The molecule has 0 saturated heterocycles. The average molecular weight is 257 g/mol. The van der Waals surface area contributed by atoms with Crippen LogP contribution in [0.15, 0.2) is 42.9 Å². The lowest BCUT2D eigenvalue weighted by atomic mass is 10.2. The summed E-state index contributed by atoms with van der Waals surface area (Å²) in [4.78, 5) is 15.6. The number of aliphatic carboxylic acids is 1. The van der Waals surface area contributed by atoms with E-state index in [9.17, 15) is 9.90 Å². The van der Waals surface area contributed by atoms with Crippen molar-refractivity contribution in [1.29, 1.82) is 0 Å². The first-order chi connectivity index (χ1) is 9.25. The van der Waals surface area contributed by atoms with Crippen molar-refractivity contribution in [2.45, 2.75) is 24.9 Å². The van der Waals surface area contributed by atoms with Crippen LogP contribution in [0.1, 0.15) is 30.6 Å². The number of carboxylic acid groups (broad SMARTS) is 1. The molecule has 0 spiro atoms. The molecule has 5 heteroatoms. The number of hydrogen-bond acceptors (Lipinski definition) is 3. The van der Waals surface area contributed by atoms with Crippen molar-refractivity contribution in [2.75, 3.05) is 5.32 Å². The van der Waals surface area contributed by atoms with E-state index in [1.807, 2.05) is 34.9 Å². The first kappa shape index (κ1) is 11.8. The van der Waals surface area contributed by atoms with Gasteiger partial charge in [0.15, 0.2) is 6.04 Å². The summed E-state index contributed by atoms with van der Waals surface area (Å²) < 4.78 is 1.97. The number of para-hydroxylation sites is 1. The van der Waals surface area contributed by atoms with E-state index >= 15 is 0 Å². The lowest BCUT2D eigenvalue weighted by Crippen LogP contribution is -2.23. The van der Waals surface area contributed by atoms with Crippen molar-refractivity contribution in [1.82, 2.24) is 9.55 Å². The highest BCUT2D eigenvalue weighted by Gasteiger charge is 2.30. The third-order valence-electron chi connectivity index (χ3n) is 3.26. The largest absolute Gasteiger partial charge is 0.479 e. The van der Waals surface area contributed by atoms with E-state index in [0.29, 0.717) is 11.7 Å². The smallest absolute Gasteiger partial charge is 0.332 e. The minimum absolute atomic E-state index is 0.414. The standard InChI is InChI=1S/C14H15N3O2/c18-14(19)13(16-10-4-2-1-3-5-10)12-8-15-9-17(12)11-6-7-11/h1-5,8-9,11,13,16H,6-7H2,(H,18,19). The fraction of sp³-hybridized carbons (Fsp3) is 0.286. The Bertz CT molecular complexity index is 575. The quantitative estimate of drug-likeness (QED) is 0.863. The summed E-state index contributed by atoms with van der Waals surface area (Å²) in [5.41, 5.74) is 1.50. The van der Waals surface area contributed by atoms with E-state index in [0.717, 1.165) is 18.5 Å². The minimum Gasteiger partial charge on any atom is -0.479 e. The van der Waals surface area contributed by atoms with Gasteiger partial charge < -0.3 is 15.0 Å². The number of carbonyl (C=O) groups is 1. The molecule has 1 fully saturated rings. The Hall–Kier alpha value is -2.30. The van der Waals surface area contributed by atoms with Crippen LogP contribution in [0.5, 0.6) is 0 Å². The molecule has 1 heterocycles. The fourth-order valence-corrected chi connectivity index (χ4v) is 2.16. The molecular weight excluding hydrogens is 242 g/mol. The normalized spacial score (nSPS) is 16.0. The molecule has 5 nitrogen and oxygen atoms in total. The Kier molecular flexibility index (Phi) is 2.95. The summed E-state index contributed by atoms with van der Waals surface area (Å²) in [5.74, 6) is -0.897. The lowest BCUT2D eigenvalue weighted by molar-refractivity contribution is -0.138. The number of imidazole rings is 1. The predicted molar refractivity (Wildman–Crippen MR) is 70.9 cm³/mol. The minimum atomic E-state index is -0.897. The highest BCUT2D eigenvalue weighted by Crippen LogP contribution is 2.37. The van der Waals surface area contributed by atoms with Crippen molar-refractivity contribution < 1.29 is 9.90 Å². The molecule has 2 N–H and O–H groups in total. The van der Waals surface area contributed by atoms with Gasteiger partial charge >= 0.3 is 5.97 Å². The third kappa shape index (κ3) is 2.45. The molecular formula is C14H15N3O2. The van der Waals surface area contributed by atoms with Crippen molar-refractivity contribution >= 4 is 11.7 Å². The van der Waals surface area contributed by atoms with Crippen LogP contribution in [0, 0.1) is 0 Å². The molecule has 98 valence electrons. The molecule has 1 atom stereocenters. The van der Waals surface area contributed by atoms with Crippen LogP contribution >= 0.6 is 0 Å². The zero-order chi connectivity index (χ0) is 13.2. The summed E-state index contributed by atoms with van der Waals surface area (Å²) in [6.45, 7) is 0. The number of nitrogens with one attached hydrogen (secondary N) is 1. The van der Waals surface area contributed by atoms with Crippen LogP contribution in [0.25, 0.3) is 0 Å². The summed E-state index contributed by atoms with van der Waals surface area (Å²) in [6.07, 6.45) is 5.55. The summed E-state index contributed by atoms with van der Waals surface area (Å²) in [5, 5.41) is 12.5. The van der Waals surface area contributed by atoms with Gasteiger partial charge in [0.25, 0.3) is 0 Å². The molecule has 1 unspecified atom stereocenters. The maximum absolute atomic E-state index is 11.5. The van der Waals surface area contributed by atoms with E-state index in [2.05, 4.69) is 10.3 Å². The Balaban J connectivity index is 1.88. The summed E-state index contributed by atoms with van der Waals surface area (Å²) >= 11 is 0. The molecule has 1 aliphatic rings. The first-order valence-corrected chi connectivity index (χ1v) is 6.32. The molecule has 0 aliphatic heterocycles. The van der Waals surface area contributed by atoms with Gasteiger partial charge in [0.1, 0.15) is 0 Å². The molecule has 1 aromatic carbocycles. The van der Waals surface area contributed by atoms with Gasteiger partial charge in [-0.25, -0.2) is 9.78 Å². The van der Waals surface area contributed by atoms with Crippen LogP contribution in [0.4, 0.5) is 5.69 Å². The number of aromatic nitrogens is 2. The first-order valence-electron chi connectivity index (χ1n) is 6.32.